The summed E-state index contributed by atoms with van der Waals surface area (Å²) in [4.78, 5) is 17.5. The number of benzene rings is 1. The molecule has 4 nitrogen and oxygen atoms in total. The molecule has 0 bridgehead atoms. The normalized spacial score (nSPS) is 12.4. The van der Waals surface area contributed by atoms with Gasteiger partial charge in [0, 0.05) is 22.7 Å². The molecule has 0 aliphatic rings. The quantitative estimate of drug-likeness (QED) is 0.666. The van der Waals surface area contributed by atoms with Gasteiger partial charge >= 0.3 is 5.63 Å². The van der Waals surface area contributed by atoms with Gasteiger partial charge in [-0.05, 0) is 31.2 Å². The third kappa shape index (κ3) is 1.68. The highest BCUT2D eigenvalue weighted by molar-refractivity contribution is 5.89. The van der Waals surface area contributed by atoms with Gasteiger partial charge in [0.15, 0.2) is 5.55 Å². The van der Waals surface area contributed by atoms with Crippen LogP contribution in [-0.4, -0.2) is 9.97 Å². The third-order valence-corrected chi connectivity index (χ3v) is 2.88. The second kappa shape index (κ2) is 3.77. The summed E-state index contributed by atoms with van der Waals surface area (Å²) >= 11 is 0. The SMILES string of the molecule is C=c1[nH]c(=Cc2c[nH]c3cc(C)ccc23)c(=O)o1. The molecule has 18 heavy (non-hydrogen) atoms. The molecule has 0 unspecified atom stereocenters. The van der Waals surface area contributed by atoms with E-state index in [1.54, 1.807) is 6.08 Å². The molecule has 3 rings (SSSR count). The molecule has 0 fully saturated rings. The number of H-pyrrole nitrogens is 2. The highest BCUT2D eigenvalue weighted by Crippen LogP contribution is 2.19. The lowest BCUT2D eigenvalue weighted by molar-refractivity contribution is 0.488. The van der Waals surface area contributed by atoms with Crippen molar-refractivity contribution in [3.8, 4) is 0 Å². The average Bonchev–Trinajstić information content (AvgIpc) is 2.84. The van der Waals surface area contributed by atoms with Crippen molar-refractivity contribution in [2.75, 3.05) is 0 Å². The predicted octanol–water partition coefficient (Wildman–Crippen LogP) is 0.997. The summed E-state index contributed by atoms with van der Waals surface area (Å²) in [5.74, 6) is 0. The van der Waals surface area contributed by atoms with Crippen LogP contribution >= 0.6 is 0 Å². The van der Waals surface area contributed by atoms with E-state index in [9.17, 15) is 4.79 Å². The standard InChI is InChI=1S/C14H12N2O2/c1-8-3-4-11-10(7-15-12(11)5-8)6-13-14(17)18-9(2)16-13/h3-7,15-16H,2H2,1H3. The number of aromatic nitrogens is 2. The van der Waals surface area contributed by atoms with Crippen LogP contribution in [0.15, 0.2) is 33.6 Å². The zero-order chi connectivity index (χ0) is 12.7. The molecule has 0 radical (unpaired) electrons. The zero-order valence-electron chi connectivity index (χ0n) is 9.91. The summed E-state index contributed by atoms with van der Waals surface area (Å²) in [5, 5.41) is 1.47. The lowest BCUT2D eigenvalue weighted by Crippen LogP contribution is -2.20. The molecule has 0 saturated heterocycles. The monoisotopic (exact) mass is 240 g/mol. The molecule has 0 spiro atoms. The molecule has 4 heteroatoms. The molecular formula is C14H12N2O2. The zero-order valence-corrected chi connectivity index (χ0v) is 9.91. The van der Waals surface area contributed by atoms with E-state index in [4.69, 9.17) is 4.42 Å². The molecule has 3 aromatic rings. The van der Waals surface area contributed by atoms with E-state index in [0.29, 0.717) is 5.35 Å². The first-order valence-electron chi connectivity index (χ1n) is 5.61. The van der Waals surface area contributed by atoms with Crippen molar-refractivity contribution in [1.82, 2.24) is 9.97 Å². The first-order valence-corrected chi connectivity index (χ1v) is 5.61. The number of hydrogen-bond acceptors (Lipinski definition) is 2. The number of nitrogens with one attached hydrogen (secondary N) is 2. The minimum atomic E-state index is -0.401. The van der Waals surface area contributed by atoms with Crippen LogP contribution in [0, 0.1) is 6.92 Å². The maximum absolute atomic E-state index is 11.5. The second-order valence-electron chi connectivity index (χ2n) is 4.29. The molecule has 0 saturated carbocycles. The fourth-order valence-corrected chi connectivity index (χ4v) is 2.03. The van der Waals surface area contributed by atoms with Crippen LogP contribution < -0.4 is 16.5 Å². The van der Waals surface area contributed by atoms with E-state index in [2.05, 4.69) is 22.6 Å². The van der Waals surface area contributed by atoms with Crippen molar-refractivity contribution in [1.29, 1.82) is 0 Å². The van der Waals surface area contributed by atoms with Gasteiger partial charge in [-0.3, -0.25) is 0 Å². The van der Waals surface area contributed by atoms with Gasteiger partial charge in [0.25, 0.3) is 0 Å². The Balaban J connectivity index is 2.28. The van der Waals surface area contributed by atoms with Crippen molar-refractivity contribution in [3.63, 3.8) is 0 Å². The Hall–Kier alpha value is -2.49. The van der Waals surface area contributed by atoms with Crippen molar-refractivity contribution < 1.29 is 4.42 Å². The second-order valence-corrected chi connectivity index (χ2v) is 4.29. The smallest absolute Gasteiger partial charge is 0.361 e. The van der Waals surface area contributed by atoms with E-state index in [-0.39, 0.29) is 5.55 Å². The molecule has 90 valence electrons. The van der Waals surface area contributed by atoms with Crippen molar-refractivity contribution in [2.24, 2.45) is 0 Å². The molecule has 2 aromatic heterocycles. The topological polar surface area (TPSA) is 61.8 Å². The van der Waals surface area contributed by atoms with Crippen molar-refractivity contribution in [2.45, 2.75) is 6.92 Å². The molecule has 2 heterocycles. The summed E-state index contributed by atoms with van der Waals surface area (Å²) in [6.07, 6.45) is 3.63. The van der Waals surface area contributed by atoms with Crippen LogP contribution in [-0.2, 0) is 0 Å². The number of aromatic amines is 2. The fourth-order valence-electron chi connectivity index (χ4n) is 2.03. The van der Waals surface area contributed by atoms with Crippen LogP contribution in [0.4, 0.5) is 0 Å². The average molecular weight is 240 g/mol. The first kappa shape index (κ1) is 10.7. The molecular weight excluding hydrogens is 228 g/mol. The fraction of sp³-hybridized carbons (Fsp3) is 0.0714. The van der Waals surface area contributed by atoms with Gasteiger partial charge in [0.1, 0.15) is 5.35 Å². The molecule has 2 N–H and O–H groups in total. The Morgan fingerprint density at radius 1 is 1.39 bits per heavy atom. The van der Waals surface area contributed by atoms with Crippen LogP contribution in [0.1, 0.15) is 11.1 Å². The molecule has 0 amide bonds. The summed E-state index contributed by atoms with van der Waals surface area (Å²) in [6, 6.07) is 6.14. The summed E-state index contributed by atoms with van der Waals surface area (Å²) in [5.41, 5.74) is 3.05. The highest BCUT2D eigenvalue weighted by Gasteiger charge is 2.02. The number of aryl methyl sites for hydroxylation is 1. The van der Waals surface area contributed by atoms with Gasteiger partial charge in [-0.2, -0.15) is 0 Å². The predicted molar refractivity (Wildman–Crippen MR) is 70.7 cm³/mol. The number of oxazole rings is 1. The minimum Gasteiger partial charge on any atom is -0.405 e. The van der Waals surface area contributed by atoms with Gasteiger partial charge in [-0.1, -0.05) is 12.1 Å². The molecule has 1 aromatic carbocycles. The van der Waals surface area contributed by atoms with Crippen molar-refractivity contribution >= 4 is 23.6 Å². The van der Waals surface area contributed by atoms with Gasteiger partial charge in [-0.15, -0.1) is 0 Å². The molecule has 0 aliphatic heterocycles. The lowest BCUT2D eigenvalue weighted by atomic mass is 10.1. The van der Waals surface area contributed by atoms with E-state index in [0.717, 1.165) is 16.5 Å². The Kier molecular flexibility index (Phi) is 2.23. The van der Waals surface area contributed by atoms with Gasteiger partial charge in [0.05, 0.1) is 0 Å². The van der Waals surface area contributed by atoms with Crippen LogP contribution in [0.5, 0.6) is 0 Å². The summed E-state index contributed by atoms with van der Waals surface area (Å²) in [6.45, 7) is 5.60. The van der Waals surface area contributed by atoms with Gasteiger partial charge < -0.3 is 14.4 Å². The number of hydrogen-bond donors (Lipinski definition) is 2. The van der Waals surface area contributed by atoms with Gasteiger partial charge in [-0.25, -0.2) is 4.79 Å². The van der Waals surface area contributed by atoms with E-state index in [1.165, 1.54) is 5.56 Å². The maximum Gasteiger partial charge on any atom is 0.361 e. The minimum absolute atomic E-state index is 0.266. The Labute approximate surface area is 102 Å². The van der Waals surface area contributed by atoms with E-state index < -0.39 is 5.63 Å². The van der Waals surface area contributed by atoms with Crippen LogP contribution in [0.2, 0.25) is 0 Å². The number of rotatable bonds is 1. The lowest BCUT2D eigenvalue weighted by Gasteiger charge is -1.93. The Morgan fingerprint density at radius 2 is 2.22 bits per heavy atom. The Bertz CT molecular complexity index is 881. The maximum atomic E-state index is 11.5. The van der Waals surface area contributed by atoms with E-state index in [1.807, 2.05) is 25.3 Å². The van der Waals surface area contributed by atoms with E-state index >= 15 is 0 Å². The highest BCUT2D eigenvalue weighted by atomic mass is 16.4. The van der Waals surface area contributed by atoms with Gasteiger partial charge in [0.2, 0.25) is 0 Å². The third-order valence-electron chi connectivity index (χ3n) is 2.88. The first-order chi connectivity index (χ1) is 8.63. The molecule has 0 atom stereocenters. The summed E-state index contributed by atoms with van der Waals surface area (Å²) < 4.78 is 4.83. The molecule has 0 aliphatic carbocycles. The summed E-state index contributed by atoms with van der Waals surface area (Å²) in [7, 11) is 0. The van der Waals surface area contributed by atoms with Crippen molar-refractivity contribution in [3.05, 3.63) is 56.8 Å². The number of fused-ring (bicyclic) bond motifs is 1. The largest absolute Gasteiger partial charge is 0.405 e. The Morgan fingerprint density at radius 3 is 2.94 bits per heavy atom. The van der Waals surface area contributed by atoms with Crippen LogP contribution in [0.3, 0.4) is 0 Å². The van der Waals surface area contributed by atoms with Crippen LogP contribution in [0.25, 0.3) is 23.6 Å².